The van der Waals surface area contributed by atoms with Gasteiger partial charge in [-0.05, 0) is 18.2 Å². The maximum Gasteiger partial charge on any atom is 0.336 e. The molecule has 1 aromatic carbocycles. The number of hydrogen-bond acceptors (Lipinski definition) is 2. The molecule has 2 aromatic rings. The summed E-state index contributed by atoms with van der Waals surface area (Å²) in [4.78, 5) is 14.9. The van der Waals surface area contributed by atoms with Crippen molar-refractivity contribution in [2.45, 2.75) is 0 Å². The zero-order valence-corrected chi connectivity index (χ0v) is 7.82. The summed E-state index contributed by atoms with van der Waals surface area (Å²) in [7, 11) is 0. The third kappa shape index (κ3) is 1.32. The zero-order chi connectivity index (χ0) is 10.1. The molecule has 0 fully saturated rings. The fourth-order valence-corrected chi connectivity index (χ4v) is 1.54. The minimum atomic E-state index is -0.973. The molecule has 3 nitrogen and oxygen atoms in total. The first kappa shape index (κ1) is 8.97. The lowest BCUT2D eigenvalue weighted by molar-refractivity contribution is 0.0699. The SMILES string of the molecule is O=C(O)c1ccc(Cl)c2ncccc12. The van der Waals surface area contributed by atoms with Gasteiger partial charge in [0.25, 0.3) is 0 Å². The number of pyridine rings is 1. The Balaban J connectivity index is 2.88. The van der Waals surface area contributed by atoms with Gasteiger partial charge in [-0.3, -0.25) is 4.98 Å². The van der Waals surface area contributed by atoms with E-state index in [9.17, 15) is 4.79 Å². The summed E-state index contributed by atoms with van der Waals surface area (Å²) in [6, 6.07) is 6.40. The van der Waals surface area contributed by atoms with Crippen molar-refractivity contribution in [3.63, 3.8) is 0 Å². The third-order valence-corrected chi connectivity index (χ3v) is 2.26. The minimum Gasteiger partial charge on any atom is -0.478 e. The number of carboxylic acids is 1. The summed E-state index contributed by atoms with van der Waals surface area (Å²) in [5.41, 5.74) is 0.742. The minimum absolute atomic E-state index is 0.220. The smallest absolute Gasteiger partial charge is 0.336 e. The van der Waals surface area contributed by atoms with E-state index in [1.165, 1.54) is 6.07 Å². The fourth-order valence-electron chi connectivity index (χ4n) is 1.32. The summed E-state index contributed by atoms with van der Waals surface area (Å²) in [5.74, 6) is -0.973. The van der Waals surface area contributed by atoms with Crippen LogP contribution in [0.25, 0.3) is 10.9 Å². The first-order valence-electron chi connectivity index (χ1n) is 3.96. The standard InChI is InChI=1S/C10H6ClNO2/c11-8-4-3-7(10(13)14)6-2-1-5-12-9(6)8/h1-5H,(H,13,14). The van der Waals surface area contributed by atoms with E-state index >= 15 is 0 Å². The molecule has 4 heteroatoms. The summed E-state index contributed by atoms with van der Waals surface area (Å²) >= 11 is 5.88. The Morgan fingerprint density at radius 3 is 2.86 bits per heavy atom. The van der Waals surface area contributed by atoms with Gasteiger partial charge in [-0.15, -0.1) is 0 Å². The quantitative estimate of drug-likeness (QED) is 0.782. The maximum absolute atomic E-state index is 10.9. The number of carbonyl (C=O) groups is 1. The highest BCUT2D eigenvalue weighted by atomic mass is 35.5. The lowest BCUT2D eigenvalue weighted by atomic mass is 10.1. The largest absolute Gasteiger partial charge is 0.478 e. The van der Waals surface area contributed by atoms with Gasteiger partial charge < -0.3 is 5.11 Å². The number of benzene rings is 1. The van der Waals surface area contributed by atoms with Crippen LogP contribution >= 0.6 is 11.6 Å². The Bertz CT molecular complexity index is 510. The number of fused-ring (bicyclic) bond motifs is 1. The Labute approximate surface area is 85.0 Å². The molecule has 14 heavy (non-hydrogen) atoms. The number of aromatic nitrogens is 1. The number of hydrogen-bond donors (Lipinski definition) is 1. The van der Waals surface area contributed by atoms with Crippen LogP contribution in [0.1, 0.15) is 10.4 Å². The summed E-state index contributed by atoms with van der Waals surface area (Å²) in [6.45, 7) is 0. The van der Waals surface area contributed by atoms with E-state index in [4.69, 9.17) is 16.7 Å². The third-order valence-electron chi connectivity index (χ3n) is 1.95. The molecule has 0 saturated heterocycles. The topological polar surface area (TPSA) is 50.2 Å². The monoisotopic (exact) mass is 207 g/mol. The van der Waals surface area contributed by atoms with Crippen LogP contribution in [0.5, 0.6) is 0 Å². The molecule has 0 aliphatic carbocycles. The second kappa shape index (κ2) is 3.27. The average molecular weight is 208 g/mol. The van der Waals surface area contributed by atoms with Crippen LogP contribution in [-0.4, -0.2) is 16.1 Å². The molecule has 0 spiro atoms. The van der Waals surface area contributed by atoms with Crippen molar-refractivity contribution in [2.75, 3.05) is 0 Å². The normalized spacial score (nSPS) is 10.4. The van der Waals surface area contributed by atoms with E-state index in [2.05, 4.69) is 4.98 Å². The van der Waals surface area contributed by atoms with Gasteiger partial charge in [-0.2, -0.15) is 0 Å². The van der Waals surface area contributed by atoms with E-state index in [1.54, 1.807) is 24.4 Å². The van der Waals surface area contributed by atoms with Crippen molar-refractivity contribution in [1.29, 1.82) is 0 Å². The van der Waals surface area contributed by atoms with Gasteiger partial charge in [0.15, 0.2) is 0 Å². The van der Waals surface area contributed by atoms with Crippen molar-refractivity contribution in [1.82, 2.24) is 4.98 Å². The lowest BCUT2D eigenvalue weighted by Gasteiger charge is -2.02. The van der Waals surface area contributed by atoms with Crippen molar-refractivity contribution >= 4 is 28.5 Å². The number of rotatable bonds is 1. The Hall–Kier alpha value is -1.61. The Morgan fingerprint density at radius 1 is 1.36 bits per heavy atom. The number of aromatic carboxylic acids is 1. The summed E-state index contributed by atoms with van der Waals surface area (Å²) < 4.78 is 0. The van der Waals surface area contributed by atoms with E-state index in [1.807, 2.05) is 0 Å². The maximum atomic E-state index is 10.9. The molecule has 70 valence electrons. The molecule has 1 N–H and O–H groups in total. The van der Waals surface area contributed by atoms with E-state index in [0.29, 0.717) is 15.9 Å². The average Bonchev–Trinajstić information content (AvgIpc) is 2.18. The van der Waals surface area contributed by atoms with Crippen LogP contribution in [0.2, 0.25) is 5.02 Å². The number of carboxylic acid groups (broad SMARTS) is 1. The molecule has 0 amide bonds. The van der Waals surface area contributed by atoms with Crippen LogP contribution < -0.4 is 0 Å². The van der Waals surface area contributed by atoms with Crippen LogP contribution in [0.15, 0.2) is 30.5 Å². The molecular weight excluding hydrogens is 202 g/mol. The zero-order valence-electron chi connectivity index (χ0n) is 7.07. The molecule has 0 aliphatic rings. The van der Waals surface area contributed by atoms with Crippen molar-refractivity contribution < 1.29 is 9.90 Å². The number of halogens is 1. The molecule has 0 radical (unpaired) electrons. The summed E-state index contributed by atoms with van der Waals surface area (Å²) in [6.07, 6.45) is 1.58. The Morgan fingerprint density at radius 2 is 2.14 bits per heavy atom. The van der Waals surface area contributed by atoms with Gasteiger partial charge >= 0.3 is 5.97 Å². The predicted octanol–water partition coefficient (Wildman–Crippen LogP) is 2.59. The molecular formula is C10H6ClNO2. The van der Waals surface area contributed by atoms with Crippen LogP contribution in [0.3, 0.4) is 0 Å². The van der Waals surface area contributed by atoms with E-state index in [-0.39, 0.29) is 5.56 Å². The van der Waals surface area contributed by atoms with Gasteiger partial charge in [0, 0.05) is 11.6 Å². The molecule has 0 bridgehead atoms. The summed E-state index contributed by atoms with van der Waals surface area (Å²) in [5, 5.41) is 9.93. The highest BCUT2D eigenvalue weighted by Gasteiger charge is 2.10. The van der Waals surface area contributed by atoms with Crippen molar-refractivity contribution in [3.8, 4) is 0 Å². The number of nitrogens with zero attached hydrogens (tertiary/aromatic N) is 1. The highest BCUT2D eigenvalue weighted by molar-refractivity contribution is 6.35. The predicted molar refractivity (Wildman–Crippen MR) is 53.7 cm³/mol. The molecule has 1 heterocycles. The second-order valence-electron chi connectivity index (χ2n) is 2.80. The fraction of sp³-hybridized carbons (Fsp3) is 0. The first-order valence-corrected chi connectivity index (χ1v) is 4.34. The van der Waals surface area contributed by atoms with Crippen LogP contribution in [-0.2, 0) is 0 Å². The van der Waals surface area contributed by atoms with Gasteiger partial charge in [0.05, 0.1) is 16.1 Å². The molecule has 2 rings (SSSR count). The first-order chi connectivity index (χ1) is 6.70. The molecule has 0 unspecified atom stereocenters. The van der Waals surface area contributed by atoms with Gasteiger partial charge in [0.2, 0.25) is 0 Å². The lowest BCUT2D eigenvalue weighted by Crippen LogP contribution is -1.97. The highest BCUT2D eigenvalue weighted by Crippen LogP contribution is 2.24. The molecule has 0 atom stereocenters. The van der Waals surface area contributed by atoms with Crippen molar-refractivity contribution in [3.05, 3.63) is 41.0 Å². The van der Waals surface area contributed by atoms with E-state index < -0.39 is 5.97 Å². The van der Waals surface area contributed by atoms with E-state index in [0.717, 1.165) is 0 Å². The second-order valence-corrected chi connectivity index (χ2v) is 3.21. The Kier molecular flexibility index (Phi) is 2.09. The van der Waals surface area contributed by atoms with Crippen LogP contribution in [0, 0.1) is 0 Å². The van der Waals surface area contributed by atoms with Gasteiger partial charge in [-0.1, -0.05) is 17.7 Å². The van der Waals surface area contributed by atoms with Crippen LogP contribution in [0.4, 0.5) is 0 Å². The molecule has 0 saturated carbocycles. The van der Waals surface area contributed by atoms with Gasteiger partial charge in [0.1, 0.15) is 0 Å². The van der Waals surface area contributed by atoms with Crippen molar-refractivity contribution in [2.24, 2.45) is 0 Å². The molecule has 0 aliphatic heterocycles. The van der Waals surface area contributed by atoms with Gasteiger partial charge in [-0.25, -0.2) is 4.79 Å². The molecule has 1 aromatic heterocycles.